The fourth-order valence-corrected chi connectivity index (χ4v) is 5.85. The number of aliphatic hydroxyl groups excluding tert-OH is 2. The molecule has 3 aliphatic rings. The number of aliphatic hydroxyl groups is 2. The van der Waals surface area contributed by atoms with Crippen LogP contribution >= 0.6 is 11.6 Å². The van der Waals surface area contributed by atoms with Gasteiger partial charge in [-0.3, -0.25) is 4.79 Å². The largest absolute Gasteiger partial charge is 0.393 e. The number of anilines is 1. The van der Waals surface area contributed by atoms with Gasteiger partial charge < -0.3 is 24.9 Å². The van der Waals surface area contributed by atoms with Crippen LogP contribution in [0.25, 0.3) is 0 Å². The molecule has 8 nitrogen and oxygen atoms in total. The summed E-state index contributed by atoms with van der Waals surface area (Å²) in [7, 11) is 0. The molecule has 2 fully saturated rings. The Morgan fingerprint density at radius 3 is 2.56 bits per heavy atom. The fourth-order valence-electron chi connectivity index (χ4n) is 5.73. The van der Waals surface area contributed by atoms with E-state index in [9.17, 15) is 19.4 Å². The van der Waals surface area contributed by atoms with Crippen molar-refractivity contribution in [1.82, 2.24) is 19.8 Å². The molecule has 194 valence electrons. The lowest BCUT2D eigenvalue weighted by molar-refractivity contribution is -0.133. The van der Waals surface area contributed by atoms with Gasteiger partial charge in [0, 0.05) is 51.4 Å². The molecule has 1 aromatic carbocycles. The maximum Gasteiger partial charge on any atom is 0.231 e. The number of benzene rings is 1. The van der Waals surface area contributed by atoms with Crippen molar-refractivity contribution in [2.24, 2.45) is 0 Å². The van der Waals surface area contributed by atoms with Gasteiger partial charge in [0.25, 0.3) is 0 Å². The molecule has 2 N–H and O–H groups in total. The van der Waals surface area contributed by atoms with E-state index in [2.05, 4.69) is 26.7 Å². The van der Waals surface area contributed by atoms with Crippen molar-refractivity contribution >= 4 is 23.3 Å². The SMILES string of the molecule is C[C@@H]1C[C@@H](O)c2ncnc(N3CCN(C(=O)C(CN4CCC(O)CC4)c4ccc(Cl)c(F)c4)CC3)c21. The second-order valence-corrected chi connectivity index (χ2v) is 10.6. The van der Waals surface area contributed by atoms with Crippen molar-refractivity contribution in [3.8, 4) is 0 Å². The van der Waals surface area contributed by atoms with E-state index in [-0.39, 0.29) is 23.0 Å². The number of piperazine rings is 1. The Morgan fingerprint density at radius 2 is 1.86 bits per heavy atom. The van der Waals surface area contributed by atoms with Crippen molar-refractivity contribution in [2.45, 2.75) is 50.2 Å². The number of likely N-dealkylation sites (tertiary alicyclic amines) is 1. The van der Waals surface area contributed by atoms with Crippen LogP contribution < -0.4 is 4.90 Å². The summed E-state index contributed by atoms with van der Waals surface area (Å²) in [6.07, 6.45) is 2.63. The van der Waals surface area contributed by atoms with Crippen LogP contribution in [0.15, 0.2) is 24.5 Å². The number of piperidine rings is 1. The van der Waals surface area contributed by atoms with Crippen LogP contribution in [0.4, 0.5) is 10.2 Å². The van der Waals surface area contributed by atoms with E-state index in [1.54, 1.807) is 6.07 Å². The first-order valence-electron chi connectivity index (χ1n) is 12.7. The molecule has 0 bridgehead atoms. The minimum atomic E-state index is -0.559. The molecule has 10 heteroatoms. The molecule has 2 aromatic rings. The summed E-state index contributed by atoms with van der Waals surface area (Å²) in [6, 6.07) is 4.62. The predicted octanol–water partition coefficient (Wildman–Crippen LogP) is 2.70. The minimum Gasteiger partial charge on any atom is -0.393 e. The molecular weight excluding hydrogens is 485 g/mol. The van der Waals surface area contributed by atoms with Crippen LogP contribution in [0.2, 0.25) is 5.02 Å². The summed E-state index contributed by atoms with van der Waals surface area (Å²) < 4.78 is 14.3. The monoisotopic (exact) mass is 517 g/mol. The molecule has 1 unspecified atom stereocenters. The third-order valence-corrected chi connectivity index (χ3v) is 8.12. The highest BCUT2D eigenvalue weighted by molar-refractivity contribution is 6.30. The Bertz CT molecular complexity index is 1100. The molecule has 1 aliphatic carbocycles. The highest BCUT2D eigenvalue weighted by Crippen LogP contribution is 2.42. The second-order valence-electron chi connectivity index (χ2n) is 10.2. The quantitative estimate of drug-likeness (QED) is 0.630. The third-order valence-electron chi connectivity index (χ3n) is 7.81. The van der Waals surface area contributed by atoms with E-state index < -0.39 is 17.8 Å². The maximum atomic E-state index is 14.3. The fraction of sp³-hybridized carbons (Fsp3) is 0.577. The molecular formula is C26H33ClFN5O3. The molecule has 0 radical (unpaired) electrons. The van der Waals surface area contributed by atoms with Gasteiger partial charge in [-0.25, -0.2) is 14.4 Å². The van der Waals surface area contributed by atoms with Gasteiger partial charge in [-0.1, -0.05) is 24.6 Å². The molecule has 5 rings (SSSR count). The number of hydrogen-bond acceptors (Lipinski definition) is 7. The number of nitrogens with zero attached hydrogens (tertiary/aromatic N) is 5. The number of halogens is 2. The highest BCUT2D eigenvalue weighted by atomic mass is 35.5. The first kappa shape index (κ1) is 25.3. The van der Waals surface area contributed by atoms with Gasteiger partial charge in [0.1, 0.15) is 18.0 Å². The summed E-state index contributed by atoms with van der Waals surface area (Å²) in [5, 5.41) is 20.2. The van der Waals surface area contributed by atoms with Gasteiger partial charge >= 0.3 is 0 Å². The molecule has 0 spiro atoms. The molecule has 2 saturated heterocycles. The average Bonchev–Trinajstić information content (AvgIpc) is 3.18. The van der Waals surface area contributed by atoms with Crippen LogP contribution in [0, 0.1) is 5.82 Å². The van der Waals surface area contributed by atoms with Crippen molar-refractivity contribution in [3.05, 3.63) is 52.2 Å². The molecule has 1 amide bonds. The van der Waals surface area contributed by atoms with Gasteiger partial charge in [-0.15, -0.1) is 0 Å². The Kier molecular flexibility index (Phi) is 7.44. The average molecular weight is 518 g/mol. The number of aromatic nitrogens is 2. The first-order chi connectivity index (χ1) is 17.3. The maximum absolute atomic E-state index is 14.3. The smallest absolute Gasteiger partial charge is 0.231 e. The summed E-state index contributed by atoms with van der Waals surface area (Å²) in [5.74, 6) is -0.0477. The zero-order valence-corrected chi connectivity index (χ0v) is 21.2. The number of amides is 1. The standard InChI is InChI=1S/C26H33ClFN5O3/c1-16-12-22(35)24-23(16)25(30-15-29-24)32-8-10-33(11-9-32)26(36)19(14-31-6-4-18(34)5-7-31)17-2-3-20(27)21(28)13-17/h2-3,13,15-16,18-19,22,34-35H,4-12,14H2,1H3/t16-,19?,22-/m1/s1. The minimum absolute atomic E-state index is 0.0285. The number of carbonyl (C=O) groups excluding carboxylic acids is 1. The molecule has 3 heterocycles. The summed E-state index contributed by atoms with van der Waals surface area (Å²) in [4.78, 5) is 28.8. The normalized spacial score (nSPS) is 24.1. The van der Waals surface area contributed by atoms with E-state index >= 15 is 0 Å². The lowest BCUT2D eigenvalue weighted by atomic mass is 9.95. The highest BCUT2D eigenvalue weighted by Gasteiger charge is 2.35. The predicted molar refractivity (Wildman–Crippen MR) is 135 cm³/mol. The van der Waals surface area contributed by atoms with Crippen LogP contribution in [0.5, 0.6) is 0 Å². The van der Waals surface area contributed by atoms with E-state index in [1.165, 1.54) is 18.5 Å². The van der Waals surface area contributed by atoms with Crippen LogP contribution in [0.3, 0.4) is 0 Å². The number of fused-ring (bicyclic) bond motifs is 1. The lowest BCUT2D eigenvalue weighted by Gasteiger charge is -2.39. The van der Waals surface area contributed by atoms with E-state index in [0.717, 1.165) is 11.4 Å². The third kappa shape index (κ3) is 5.07. The molecule has 2 aliphatic heterocycles. The van der Waals surface area contributed by atoms with Crippen LogP contribution in [-0.4, -0.2) is 87.8 Å². The van der Waals surface area contributed by atoms with Crippen LogP contribution in [-0.2, 0) is 4.79 Å². The number of hydrogen-bond donors (Lipinski definition) is 2. The Labute approximate surface area is 215 Å². The Balaban J connectivity index is 1.31. The number of carbonyl (C=O) groups is 1. The van der Waals surface area contributed by atoms with E-state index in [1.807, 2.05) is 4.90 Å². The summed E-state index contributed by atoms with van der Waals surface area (Å²) in [6.45, 7) is 6.26. The Hall–Kier alpha value is -2.33. The molecule has 3 atom stereocenters. The molecule has 1 aromatic heterocycles. The number of rotatable bonds is 5. The van der Waals surface area contributed by atoms with E-state index in [4.69, 9.17) is 11.6 Å². The van der Waals surface area contributed by atoms with Gasteiger partial charge in [0.05, 0.1) is 28.8 Å². The van der Waals surface area contributed by atoms with Gasteiger partial charge in [0.2, 0.25) is 5.91 Å². The topological polar surface area (TPSA) is 93.0 Å². The zero-order chi connectivity index (χ0) is 25.4. The second kappa shape index (κ2) is 10.6. The Morgan fingerprint density at radius 1 is 1.14 bits per heavy atom. The van der Waals surface area contributed by atoms with Crippen LogP contribution in [0.1, 0.15) is 60.9 Å². The van der Waals surface area contributed by atoms with E-state index in [0.29, 0.717) is 76.3 Å². The summed E-state index contributed by atoms with van der Waals surface area (Å²) in [5.41, 5.74) is 2.33. The first-order valence-corrected chi connectivity index (χ1v) is 13.1. The summed E-state index contributed by atoms with van der Waals surface area (Å²) >= 11 is 5.92. The molecule has 36 heavy (non-hydrogen) atoms. The van der Waals surface area contributed by atoms with Crippen molar-refractivity contribution < 1.29 is 19.4 Å². The van der Waals surface area contributed by atoms with Crippen molar-refractivity contribution in [3.63, 3.8) is 0 Å². The lowest BCUT2D eigenvalue weighted by Crippen LogP contribution is -2.52. The van der Waals surface area contributed by atoms with Gasteiger partial charge in [-0.2, -0.15) is 0 Å². The van der Waals surface area contributed by atoms with Crippen molar-refractivity contribution in [2.75, 3.05) is 50.7 Å². The van der Waals surface area contributed by atoms with Crippen molar-refractivity contribution in [1.29, 1.82) is 0 Å². The molecule has 0 saturated carbocycles. The van der Waals surface area contributed by atoms with Gasteiger partial charge in [0.15, 0.2) is 0 Å². The zero-order valence-electron chi connectivity index (χ0n) is 20.5. The van der Waals surface area contributed by atoms with Gasteiger partial charge in [-0.05, 0) is 42.9 Å².